The van der Waals surface area contributed by atoms with E-state index in [-0.39, 0.29) is 19.0 Å². The van der Waals surface area contributed by atoms with Gasteiger partial charge in [0.05, 0.1) is 11.8 Å². The van der Waals surface area contributed by atoms with Gasteiger partial charge in [0.15, 0.2) is 0 Å². The van der Waals surface area contributed by atoms with Crippen LogP contribution in [0.3, 0.4) is 0 Å². The van der Waals surface area contributed by atoms with Gasteiger partial charge in [-0.05, 0) is 13.8 Å². The maximum Gasteiger partial charge on any atom is 0.238 e. The van der Waals surface area contributed by atoms with E-state index >= 15 is 0 Å². The molecule has 0 aliphatic carbocycles. The average molecular weight is 245 g/mol. The van der Waals surface area contributed by atoms with Crippen LogP contribution in [0.1, 0.15) is 15.3 Å². The molecule has 92 valence electrons. The molecule has 0 aromatic carbocycles. The molecule has 0 radical (unpaired) electrons. The van der Waals surface area contributed by atoms with Crippen molar-refractivity contribution in [3.8, 4) is 6.07 Å². The van der Waals surface area contributed by atoms with Crippen molar-refractivity contribution in [3.63, 3.8) is 0 Å². The number of amides is 2. The zero-order chi connectivity index (χ0) is 12.4. The van der Waals surface area contributed by atoms with E-state index in [4.69, 9.17) is 5.26 Å². The number of carbonyl (C=O) groups is 2. The first-order valence-corrected chi connectivity index (χ1v) is 6.32. The molecule has 0 rings (SSSR count). The fourth-order valence-corrected chi connectivity index (χ4v) is 1.85. The molecular formula is C10H19N3O2S. The summed E-state index contributed by atoms with van der Waals surface area (Å²) in [6, 6.07) is 1.93. The van der Waals surface area contributed by atoms with E-state index in [1.165, 1.54) is 11.8 Å². The molecule has 0 bridgehead atoms. The number of nitriles is 1. The maximum atomic E-state index is 11.3. The molecule has 1 atom stereocenters. The first-order valence-electron chi connectivity index (χ1n) is 5.17. The van der Waals surface area contributed by atoms with E-state index in [0.29, 0.717) is 18.8 Å². The van der Waals surface area contributed by atoms with Gasteiger partial charge in [-0.1, -0.05) is 0 Å². The van der Waals surface area contributed by atoms with Crippen LogP contribution in [0.15, 0.2) is 0 Å². The molecule has 0 fully saturated rings. The van der Waals surface area contributed by atoms with Gasteiger partial charge in [-0.2, -0.15) is 17.0 Å². The van der Waals surface area contributed by atoms with E-state index in [9.17, 15) is 9.59 Å². The molecule has 0 heterocycles. The second kappa shape index (κ2) is 9.04. The molecule has 0 aromatic rings. The van der Waals surface area contributed by atoms with E-state index < -0.39 is 5.92 Å². The SMILES string of the molecule is CCNC(=O)CSC[C@H](C#N)C(=O)NCC.[HH]. The van der Waals surface area contributed by atoms with Gasteiger partial charge in [0.2, 0.25) is 11.8 Å². The van der Waals surface area contributed by atoms with Crippen molar-refractivity contribution in [3.05, 3.63) is 0 Å². The Labute approximate surface area is 101 Å². The zero-order valence-corrected chi connectivity index (χ0v) is 10.4. The first-order chi connectivity index (χ1) is 7.65. The molecule has 0 aliphatic rings. The lowest BCUT2D eigenvalue weighted by atomic mass is 10.2. The van der Waals surface area contributed by atoms with Crippen LogP contribution in [0.25, 0.3) is 0 Å². The largest absolute Gasteiger partial charge is 0.356 e. The van der Waals surface area contributed by atoms with Crippen LogP contribution in [0.4, 0.5) is 0 Å². The highest BCUT2D eigenvalue weighted by Crippen LogP contribution is 2.08. The summed E-state index contributed by atoms with van der Waals surface area (Å²) < 4.78 is 0. The number of rotatable bonds is 7. The minimum Gasteiger partial charge on any atom is -0.356 e. The smallest absolute Gasteiger partial charge is 0.238 e. The summed E-state index contributed by atoms with van der Waals surface area (Å²) in [5.41, 5.74) is 0. The number of carbonyl (C=O) groups excluding carboxylic acids is 2. The summed E-state index contributed by atoms with van der Waals surface area (Å²) in [6.45, 7) is 4.75. The quantitative estimate of drug-likeness (QED) is 0.679. The monoisotopic (exact) mass is 245 g/mol. The van der Waals surface area contributed by atoms with Crippen molar-refractivity contribution >= 4 is 23.6 Å². The Morgan fingerprint density at radius 2 is 2.00 bits per heavy atom. The Morgan fingerprint density at radius 1 is 1.38 bits per heavy atom. The highest BCUT2D eigenvalue weighted by Gasteiger charge is 2.17. The van der Waals surface area contributed by atoms with Gasteiger partial charge in [0.1, 0.15) is 5.92 Å². The molecule has 6 heteroatoms. The second-order valence-corrected chi connectivity index (χ2v) is 4.08. The van der Waals surface area contributed by atoms with Crippen molar-refractivity contribution in [1.29, 1.82) is 5.26 Å². The third kappa shape index (κ3) is 6.30. The summed E-state index contributed by atoms with van der Waals surface area (Å²) >= 11 is 1.29. The normalized spacial score (nSPS) is 11.3. The van der Waals surface area contributed by atoms with Gasteiger partial charge in [-0.25, -0.2) is 0 Å². The van der Waals surface area contributed by atoms with Crippen LogP contribution in [-0.2, 0) is 9.59 Å². The molecule has 0 unspecified atom stereocenters. The Balaban J connectivity index is 0. The van der Waals surface area contributed by atoms with Crippen LogP contribution in [-0.4, -0.2) is 36.4 Å². The lowest BCUT2D eigenvalue weighted by Crippen LogP contribution is -2.31. The van der Waals surface area contributed by atoms with Gasteiger partial charge < -0.3 is 10.6 Å². The van der Waals surface area contributed by atoms with Gasteiger partial charge in [-0.15, -0.1) is 0 Å². The third-order valence-corrected chi connectivity index (χ3v) is 2.75. The van der Waals surface area contributed by atoms with Crippen LogP contribution in [0, 0.1) is 17.2 Å². The topological polar surface area (TPSA) is 82.0 Å². The summed E-state index contributed by atoms with van der Waals surface area (Å²) in [5.74, 6) is -0.391. The molecule has 0 saturated carbocycles. The van der Waals surface area contributed by atoms with E-state index in [1.807, 2.05) is 13.0 Å². The average Bonchev–Trinajstić information content (AvgIpc) is 2.25. The van der Waals surface area contributed by atoms with Crippen molar-refractivity contribution < 1.29 is 11.0 Å². The number of thioether (sulfide) groups is 1. The van der Waals surface area contributed by atoms with Crippen molar-refractivity contribution in [2.75, 3.05) is 24.6 Å². The molecule has 16 heavy (non-hydrogen) atoms. The van der Waals surface area contributed by atoms with Gasteiger partial charge >= 0.3 is 0 Å². The number of nitrogens with one attached hydrogen (secondary N) is 2. The van der Waals surface area contributed by atoms with Crippen molar-refractivity contribution in [2.45, 2.75) is 13.8 Å². The summed E-state index contributed by atoms with van der Waals surface area (Å²) in [5, 5.41) is 14.0. The second-order valence-electron chi connectivity index (χ2n) is 3.04. The standard InChI is InChI=1S/C10H17N3O2S.H2/c1-3-12-9(14)7-16-6-8(5-11)10(15)13-4-2;/h8H,3-4,6-7H2,1-2H3,(H,12,14)(H,13,15);1H/t8-;/m0./s1. The fraction of sp³-hybridized carbons (Fsp3) is 0.700. The predicted octanol–water partition coefficient (Wildman–Crippen LogP) is 0.378. The van der Waals surface area contributed by atoms with Gasteiger partial charge in [-0.3, -0.25) is 9.59 Å². The maximum absolute atomic E-state index is 11.3. The predicted molar refractivity (Wildman–Crippen MR) is 65.9 cm³/mol. The van der Waals surface area contributed by atoms with Crippen LogP contribution in [0.5, 0.6) is 0 Å². The molecule has 0 aliphatic heterocycles. The Bertz CT molecular complexity index is 281. The molecule has 2 amide bonds. The molecule has 0 spiro atoms. The lowest BCUT2D eigenvalue weighted by molar-refractivity contribution is -0.122. The molecule has 5 nitrogen and oxygen atoms in total. The van der Waals surface area contributed by atoms with E-state index in [1.54, 1.807) is 6.92 Å². The minimum atomic E-state index is -0.681. The summed E-state index contributed by atoms with van der Waals surface area (Å²) in [4.78, 5) is 22.4. The summed E-state index contributed by atoms with van der Waals surface area (Å²) in [7, 11) is 0. The number of hydrogen-bond donors (Lipinski definition) is 2. The number of hydrogen-bond acceptors (Lipinski definition) is 4. The van der Waals surface area contributed by atoms with Crippen LogP contribution in [0.2, 0.25) is 0 Å². The fourth-order valence-electron chi connectivity index (χ4n) is 0.987. The summed E-state index contributed by atoms with van der Waals surface area (Å²) in [6.07, 6.45) is 0. The molecule has 0 saturated heterocycles. The number of nitrogens with zero attached hydrogens (tertiary/aromatic N) is 1. The van der Waals surface area contributed by atoms with Gasteiger partial charge in [0.25, 0.3) is 0 Å². The zero-order valence-electron chi connectivity index (χ0n) is 9.58. The van der Waals surface area contributed by atoms with Gasteiger partial charge in [0, 0.05) is 20.3 Å². The molecule has 0 aromatic heterocycles. The third-order valence-electron chi connectivity index (χ3n) is 1.71. The minimum absolute atomic E-state index is 0. The Morgan fingerprint density at radius 3 is 2.50 bits per heavy atom. The highest BCUT2D eigenvalue weighted by molar-refractivity contribution is 7.99. The lowest BCUT2D eigenvalue weighted by Gasteiger charge is -2.08. The molecular weight excluding hydrogens is 226 g/mol. The van der Waals surface area contributed by atoms with Crippen molar-refractivity contribution in [2.24, 2.45) is 5.92 Å². The Hall–Kier alpha value is -1.22. The highest BCUT2D eigenvalue weighted by atomic mass is 32.2. The van der Waals surface area contributed by atoms with Crippen LogP contribution < -0.4 is 10.6 Å². The van der Waals surface area contributed by atoms with E-state index in [2.05, 4.69) is 10.6 Å². The molecule has 2 N–H and O–H groups in total. The Kier molecular flexibility index (Phi) is 8.35. The first kappa shape index (κ1) is 14.8. The van der Waals surface area contributed by atoms with E-state index in [0.717, 1.165) is 0 Å². The van der Waals surface area contributed by atoms with Crippen molar-refractivity contribution in [1.82, 2.24) is 10.6 Å². The van der Waals surface area contributed by atoms with Crippen LogP contribution >= 0.6 is 11.8 Å².